The van der Waals surface area contributed by atoms with Crippen LogP contribution in [0, 0.1) is 0 Å². The normalized spacial score (nSPS) is 27.5. The third kappa shape index (κ3) is 5.35. The number of benzene rings is 2. The topological polar surface area (TPSA) is 134 Å². The Hall–Kier alpha value is -3.09. The zero-order valence-electron chi connectivity index (χ0n) is 20.5. The molecule has 2 fully saturated rings. The SMILES string of the molecule is COc1ccc(C2OCC3OC(Oc4ccc(CO)cc4OC)C(NC(C)=O)C(O)C3O2)cc1OC. The molecule has 0 radical (unpaired) electrons. The summed E-state index contributed by atoms with van der Waals surface area (Å²) in [5.41, 5.74) is 1.30. The van der Waals surface area contributed by atoms with Gasteiger partial charge in [-0.3, -0.25) is 4.79 Å². The largest absolute Gasteiger partial charge is 0.493 e. The van der Waals surface area contributed by atoms with E-state index in [9.17, 15) is 15.0 Å². The number of carbonyl (C=O) groups is 1. The summed E-state index contributed by atoms with van der Waals surface area (Å²) in [4.78, 5) is 12.0. The van der Waals surface area contributed by atoms with E-state index >= 15 is 0 Å². The highest BCUT2D eigenvalue weighted by Crippen LogP contribution is 2.38. The molecule has 0 bridgehead atoms. The first-order chi connectivity index (χ1) is 17.4. The van der Waals surface area contributed by atoms with Gasteiger partial charge in [0.1, 0.15) is 24.4 Å². The van der Waals surface area contributed by atoms with Crippen molar-refractivity contribution in [2.75, 3.05) is 27.9 Å². The maximum Gasteiger partial charge on any atom is 0.223 e. The fourth-order valence-electron chi connectivity index (χ4n) is 4.28. The second-order valence-electron chi connectivity index (χ2n) is 8.40. The Morgan fingerprint density at radius 3 is 2.36 bits per heavy atom. The average molecular weight is 506 g/mol. The molecule has 3 N–H and O–H groups in total. The van der Waals surface area contributed by atoms with E-state index in [0.29, 0.717) is 34.1 Å². The van der Waals surface area contributed by atoms with Crippen molar-refractivity contribution in [2.24, 2.45) is 0 Å². The lowest BCUT2D eigenvalue weighted by Crippen LogP contribution is -2.67. The maximum atomic E-state index is 12.0. The lowest BCUT2D eigenvalue weighted by atomic mass is 9.95. The van der Waals surface area contributed by atoms with E-state index in [2.05, 4.69) is 5.32 Å². The Balaban J connectivity index is 1.55. The van der Waals surface area contributed by atoms with Gasteiger partial charge < -0.3 is 48.7 Å². The summed E-state index contributed by atoms with van der Waals surface area (Å²) in [6.07, 6.45) is -4.53. The molecule has 2 aromatic rings. The third-order valence-electron chi connectivity index (χ3n) is 6.07. The molecule has 2 aliphatic heterocycles. The van der Waals surface area contributed by atoms with Crippen molar-refractivity contribution >= 4 is 5.91 Å². The molecule has 36 heavy (non-hydrogen) atoms. The van der Waals surface area contributed by atoms with Gasteiger partial charge in [-0.2, -0.15) is 0 Å². The van der Waals surface area contributed by atoms with Crippen LogP contribution in [0.3, 0.4) is 0 Å². The molecule has 0 aliphatic carbocycles. The summed E-state index contributed by atoms with van der Waals surface area (Å²) in [7, 11) is 4.55. The van der Waals surface area contributed by atoms with Gasteiger partial charge in [-0.15, -0.1) is 0 Å². The molecule has 2 heterocycles. The van der Waals surface area contributed by atoms with Crippen LogP contribution in [0.2, 0.25) is 0 Å². The quantitative estimate of drug-likeness (QED) is 0.482. The van der Waals surface area contributed by atoms with Crippen molar-refractivity contribution in [3.05, 3.63) is 47.5 Å². The number of amides is 1. The van der Waals surface area contributed by atoms with Crippen LogP contribution in [-0.2, 0) is 25.6 Å². The van der Waals surface area contributed by atoms with E-state index < -0.39 is 36.9 Å². The summed E-state index contributed by atoms with van der Waals surface area (Å²) in [5.74, 6) is 1.38. The predicted octanol–water partition coefficient (Wildman–Crippen LogP) is 1.29. The number of rotatable bonds is 8. The van der Waals surface area contributed by atoms with Crippen LogP contribution in [0.15, 0.2) is 36.4 Å². The molecular formula is C25H31NO10. The van der Waals surface area contributed by atoms with Crippen LogP contribution in [0.1, 0.15) is 24.3 Å². The Morgan fingerprint density at radius 2 is 1.69 bits per heavy atom. The molecule has 0 spiro atoms. The summed E-state index contributed by atoms with van der Waals surface area (Å²) < 4.78 is 40.1. The first kappa shape index (κ1) is 26.0. The lowest BCUT2D eigenvalue weighted by molar-refractivity contribution is -0.333. The van der Waals surface area contributed by atoms with E-state index in [1.54, 1.807) is 43.5 Å². The summed E-state index contributed by atoms with van der Waals surface area (Å²) >= 11 is 0. The van der Waals surface area contributed by atoms with Crippen molar-refractivity contribution in [3.8, 4) is 23.0 Å². The van der Waals surface area contributed by atoms with Crippen LogP contribution < -0.4 is 24.3 Å². The minimum absolute atomic E-state index is 0.105. The van der Waals surface area contributed by atoms with Crippen LogP contribution in [-0.4, -0.2) is 74.7 Å². The molecule has 2 aliphatic rings. The molecule has 0 saturated carbocycles. The number of fused-ring (bicyclic) bond motifs is 1. The van der Waals surface area contributed by atoms with Gasteiger partial charge >= 0.3 is 0 Å². The highest BCUT2D eigenvalue weighted by Gasteiger charge is 2.51. The molecule has 2 aromatic carbocycles. The number of nitrogens with one attached hydrogen (secondary N) is 1. The standard InChI is InChI=1S/C25H31NO10/c1-13(28)26-21-22(29)23-20(35-25(21)34-17-7-5-14(11-27)9-18(17)31-3)12-33-24(36-23)15-6-8-16(30-2)19(10-15)32-4/h5-10,20-25,27,29H,11-12H2,1-4H3,(H,26,28). The molecule has 11 nitrogen and oxygen atoms in total. The van der Waals surface area contributed by atoms with E-state index in [1.807, 2.05) is 0 Å². The minimum atomic E-state index is -1.17. The van der Waals surface area contributed by atoms with Crippen molar-refractivity contribution in [1.82, 2.24) is 5.32 Å². The monoisotopic (exact) mass is 505 g/mol. The first-order valence-electron chi connectivity index (χ1n) is 11.4. The molecule has 2 saturated heterocycles. The number of hydrogen-bond donors (Lipinski definition) is 3. The first-order valence-corrected chi connectivity index (χ1v) is 11.4. The number of hydrogen-bond acceptors (Lipinski definition) is 10. The summed E-state index contributed by atoms with van der Waals surface area (Å²) in [6, 6.07) is 9.23. The van der Waals surface area contributed by atoms with Gasteiger partial charge in [-0.25, -0.2) is 0 Å². The number of aliphatic hydroxyl groups excluding tert-OH is 2. The third-order valence-corrected chi connectivity index (χ3v) is 6.07. The Morgan fingerprint density at radius 1 is 1.00 bits per heavy atom. The smallest absolute Gasteiger partial charge is 0.223 e. The Labute approximate surface area is 208 Å². The van der Waals surface area contributed by atoms with Gasteiger partial charge in [0.25, 0.3) is 0 Å². The molecule has 196 valence electrons. The Bertz CT molecular complexity index is 1060. The molecular weight excluding hydrogens is 474 g/mol. The van der Waals surface area contributed by atoms with Crippen LogP contribution >= 0.6 is 0 Å². The van der Waals surface area contributed by atoms with Gasteiger partial charge in [0, 0.05) is 12.5 Å². The average Bonchev–Trinajstić information content (AvgIpc) is 2.90. The van der Waals surface area contributed by atoms with Gasteiger partial charge in [0.2, 0.25) is 12.2 Å². The molecule has 11 heteroatoms. The molecule has 1 amide bonds. The Kier molecular flexibility index (Phi) is 8.17. The number of methoxy groups -OCH3 is 3. The van der Waals surface area contributed by atoms with Crippen LogP contribution in [0.4, 0.5) is 0 Å². The highest BCUT2D eigenvalue weighted by atomic mass is 16.7. The van der Waals surface area contributed by atoms with Crippen LogP contribution in [0.5, 0.6) is 23.0 Å². The maximum absolute atomic E-state index is 12.0. The van der Waals surface area contributed by atoms with Crippen molar-refractivity contribution in [3.63, 3.8) is 0 Å². The van der Waals surface area contributed by atoms with Gasteiger partial charge in [-0.1, -0.05) is 12.1 Å². The number of aliphatic hydroxyl groups is 2. The summed E-state index contributed by atoms with van der Waals surface area (Å²) in [5, 5.41) is 23.4. The second-order valence-corrected chi connectivity index (χ2v) is 8.40. The van der Waals surface area contributed by atoms with E-state index in [-0.39, 0.29) is 19.1 Å². The van der Waals surface area contributed by atoms with E-state index in [4.69, 9.17) is 33.2 Å². The highest BCUT2D eigenvalue weighted by molar-refractivity contribution is 5.73. The van der Waals surface area contributed by atoms with E-state index in [0.717, 1.165) is 0 Å². The van der Waals surface area contributed by atoms with Crippen molar-refractivity contribution < 1.29 is 48.2 Å². The van der Waals surface area contributed by atoms with Crippen molar-refractivity contribution in [2.45, 2.75) is 50.5 Å². The van der Waals surface area contributed by atoms with Gasteiger partial charge in [0.05, 0.1) is 34.5 Å². The minimum Gasteiger partial charge on any atom is -0.493 e. The molecule has 6 unspecified atom stereocenters. The molecule has 6 atom stereocenters. The zero-order chi connectivity index (χ0) is 25.8. The summed E-state index contributed by atoms with van der Waals surface area (Å²) in [6.45, 7) is 1.28. The fraction of sp³-hybridized carbons (Fsp3) is 0.480. The van der Waals surface area contributed by atoms with Crippen molar-refractivity contribution in [1.29, 1.82) is 0 Å². The van der Waals surface area contributed by atoms with Crippen LogP contribution in [0.25, 0.3) is 0 Å². The van der Waals surface area contributed by atoms with Gasteiger partial charge in [-0.05, 0) is 29.8 Å². The van der Waals surface area contributed by atoms with E-state index in [1.165, 1.54) is 21.1 Å². The second kappa shape index (κ2) is 11.3. The zero-order valence-corrected chi connectivity index (χ0v) is 20.5. The number of carbonyl (C=O) groups excluding carboxylic acids is 1. The molecule has 4 rings (SSSR count). The molecule has 0 aromatic heterocycles. The predicted molar refractivity (Wildman–Crippen MR) is 125 cm³/mol. The fourth-order valence-corrected chi connectivity index (χ4v) is 4.28. The van der Waals surface area contributed by atoms with Gasteiger partial charge in [0.15, 0.2) is 29.3 Å². The number of ether oxygens (including phenoxy) is 7. The lowest BCUT2D eigenvalue weighted by Gasteiger charge is -2.47.